The van der Waals surface area contributed by atoms with Crippen molar-refractivity contribution in [1.82, 2.24) is 0 Å². The summed E-state index contributed by atoms with van der Waals surface area (Å²) >= 11 is 0. The average Bonchev–Trinajstić information content (AvgIpc) is 3.36. The minimum Gasteiger partial charge on any atom is -0.311 e. The zero-order valence-electron chi connectivity index (χ0n) is 34.5. The van der Waals surface area contributed by atoms with Crippen LogP contribution in [0.5, 0.6) is 0 Å². The highest BCUT2D eigenvalue weighted by Crippen LogP contribution is 2.49. The first-order valence-corrected chi connectivity index (χ1v) is 21.6. The number of nitrogens with zero attached hydrogens (tertiary/aromatic N) is 4. The van der Waals surface area contributed by atoms with Crippen LogP contribution < -0.4 is 36.0 Å². The summed E-state index contributed by atoms with van der Waals surface area (Å²) in [6.45, 7) is -0.0589. The third kappa shape index (κ3) is 6.16. The molecule has 2 aliphatic rings. The average molecular weight is 805 g/mol. The van der Waals surface area contributed by atoms with Gasteiger partial charge in [0.05, 0.1) is 5.69 Å². The molecule has 0 amide bonds. The molecule has 10 aromatic carbocycles. The highest BCUT2D eigenvalue weighted by atomic mass is 15.2. The summed E-state index contributed by atoms with van der Waals surface area (Å²) in [6, 6.07) is 90.2. The van der Waals surface area contributed by atoms with Crippen molar-refractivity contribution in [3.05, 3.63) is 249 Å². The lowest BCUT2D eigenvalue weighted by atomic mass is 9.33. The molecule has 5 heteroatoms. The van der Waals surface area contributed by atoms with Crippen LogP contribution in [0.25, 0.3) is 10.8 Å². The second-order valence-corrected chi connectivity index (χ2v) is 16.2. The van der Waals surface area contributed by atoms with Gasteiger partial charge in [-0.15, -0.1) is 0 Å². The number of benzene rings is 10. The summed E-state index contributed by atoms with van der Waals surface area (Å²) < 4.78 is 0. The van der Waals surface area contributed by atoms with Crippen LogP contribution in [0, 0.1) is 0 Å². The Hall–Kier alpha value is -8.28. The Bertz CT molecular complexity index is 3150. The molecule has 0 spiro atoms. The molecule has 0 saturated heterocycles. The molecule has 0 unspecified atom stereocenters. The lowest BCUT2D eigenvalue weighted by molar-refractivity contribution is 1.24. The van der Waals surface area contributed by atoms with Gasteiger partial charge in [-0.05, 0) is 125 Å². The van der Waals surface area contributed by atoms with E-state index in [1.54, 1.807) is 0 Å². The van der Waals surface area contributed by atoms with Gasteiger partial charge in [-0.3, -0.25) is 0 Å². The van der Waals surface area contributed by atoms with Gasteiger partial charge in [0.15, 0.2) is 0 Å². The van der Waals surface area contributed by atoms with Crippen LogP contribution in [0.2, 0.25) is 0 Å². The Kier molecular flexibility index (Phi) is 8.89. The first-order chi connectivity index (χ1) is 31.3. The molecule has 4 nitrogen and oxygen atoms in total. The molecule has 0 radical (unpaired) electrons. The Balaban J connectivity index is 1.16. The van der Waals surface area contributed by atoms with Crippen LogP contribution in [0.15, 0.2) is 249 Å². The van der Waals surface area contributed by atoms with Crippen molar-refractivity contribution in [2.45, 2.75) is 0 Å². The van der Waals surface area contributed by atoms with Gasteiger partial charge >= 0.3 is 0 Å². The molecule has 0 atom stereocenters. The van der Waals surface area contributed by atoms with Crippen molar-refractivity contribution >= 4 is 102 Å². The van der Waals surface area contributed by atoms with Crippen LogP contribution in [0.4, 0.5) is 68.2 Å². The van der Waals surface area contributed by atoms with Crippen LogP contribution in [0.3, 0.4) is 0 Å². The third-order valence-electron chi connectivity index (χ3n) is 12.5. The van der Waals surface area contributed by atoms with E-state index in [0.29, 0.717) is 0 Å². The molecule has 10 aromatic rings. The van der Waals surface area contributed by atoms with Crippen molar-refractivity contribution in [3.63, 3.8) is 0 Å². The standard InChI is InChI=1S/C58H41BN4/c1-7-22-43(23-8-1)60(44-24-9-2-10-25-44)49-35-37-52-54(40-49)62(47-30-15-5-16-31-47)56-39-42-21-19-20-34-51(42)58-57(56)59(52)53-38-36-50(41-55(53)63(58)48-32-17-6-18-33-48)61(45-26-11-3-12-27-45)46-28-13-4-14-29-46/h1-41H. The molecule has 2 aliphatic heterocycles. The van der Waals surface area contributed by atoms with Crippen LogP contribution in [0.1, 0.15) is 0 Å². The molecule has 0 saturated carbocycles. The molecule has 0 N–H and O–H groups in total. The van der Waals surface area contributed by atoms with Crippen molar-refractivity contribution in [2.75, 3.05) is 19.6 Å². The molecule has 296 valence electrons. The molecule has 63 heavy (non-hydrogen) atoms. The fourth-order valence-corrected chi connectivity index (χ4v) is 9.89. The summed E-state index contributed by atoms with van der Waals surface area (Å²) in [7, 11) is 0. The largest absolute Gasteiger partial charge is 0.311 e. The maximum atomic E-state index is 2.53. The van der Waals surface area contributed by atoms with Gasteiger partial charge in [0, 0.05) is 67.9 Å². The second-order valence-electron chi connectivity index (χ2n) is 16.2. The summed E-state index contributed by atoms with van der Waals surface area (Å²) in [6.07, 6.45) is 0. The van der Waals surface area contributed by atoms with E-state index in [1.165, 1.54) is 38.5 Å². The second kappa shape index (κ2) is 15.3. The molecule has 2 heterocycles. The van der Waals surface area contributed by atoms with Crippen molar-refractivity contribution in [1.29, 1.82) is 0 Å². The van der Waals surface area contributed by atoms with Gasteiger partial charge in [-0.2, -0.15) is 0 Å². The predicted molar refractivity (Wildman–Crippen MR) is 267 cm³/mol. The van der Waals surface area contributed by atoms with Crippen molar-refractivity contribution < 1.29 is 0 Å². The molecular formula is C58H41BN4. The lowest BCUT2D eigenvalue weighted by Gasteiger charge is -2.45. The first-order valence-electron chi connectivity index (χ1n) is 21.6. The summed E-state index contributed by atoms with van der Waals surface area (Å²) in [4.78, 5) is 9.77. The van der Waals surface area contributed by atoms with Gasteiger partial charge < -0.3 is 19.6 Å². The Labute approximate surface area is 368 Å². The number of fused-ring (bicyclic) bond motifs is 6. The summed E-state index contributed by atoms with van der Waals surface area (Å²) in [5.74, 6) is 0. The third-order valence-corrected chi connectivity index (χ3v) is 12.5. The number of anilines is 12. The Morgan fingerprint density at radius 1 is 0.302 bits per heavy atom. The SMILES string of the molecule is c1ccc(N(c2ccccc2)c2ccc3c(c2)N(c2ccccc2)c2cc4ccccc4c4c2B3c2ccc(N(c3ccccc3)c3ccccc3)cc2N4c2ccccc2)cc1. The number of para-hydroxylation sites is 6. The number of hydrogen-bond donors (Lipinski definition) is 0. The van der Waals surface area contributed by atoms with E-state index in [1.807, 2.05) is 0 Å². The predicted octanol–water partition coefficient (Wildman–Crippen LogP) is 13.9. The lowest BCUT2D eigenvalue weighted by Crippen LogP contribution is -2.61. The minimum absolute atomic E-state index is 0.0589. The number of hydrogen-bond acceptors (Lipinski definition) is 4. The highest BCUT2D eigenvalue weighted by molar-refractivity contribution is 7.00. The monoisotopic (exact) mass is 804 g/mol. The smallest absolute Gasteiger partial charge is 0.252 e. The van der Waals surface area contributed by atoms with Gasteiger partial charge in [-0.25, -0.2) is 0 Å². The Morgan fingerprint density at radius 2 is 0.683 bits per heavy atom. The van der Waals surface area contributed by atoms with Gasteiger partial charge in [-0.1, -0.05) is 146 Å². The first kappa shape index (κ1) is 36.6. The molecule has 0 aromatic heterocycles. The van der Waals surface area contributed by atoms with Crippen molar-refractivity contribution in [2.24, 2.45) is 0 Å². The molecule has 12 rings (SSSR count). The fraction of sp³-hybridized carbons (Fsp3) is 0. The maximum absolute atomic E-state index is 2.53. The molecule has 0 bridgehead atoms. The van der Waals surface area contributed by atoms with E-state index in [4.69, 9.17) is 0 Å². The molecule has 0 aliphatic carbocycles. The maximum Gasteiger partial charge on any atom is 0.252 e. The summed E-state index contributed by atoms with van der Waals surface area (Å²) in [5.41, 5.74) is 17.4. The van der Waals surface area contributed by atoms with E-state index in [9.17, 15) is 0 Å². The van der Waals surface area contributed by atoms with E-state index >= 15 is 0 Å². The van der Waals surface area contributed by atoms with Crippen LogP contribution >= 0.6 is 0 Å². The van der Waals surface area contributed by atoms with Crippen LogP contribution in [-0.2, 0) is 0 Å². The zero-order chi connectivity index (χ0) is 41.7. The normalized spacial score (nSPS) is 12.3. The van der Waals surface area contributed by atoms with E-state index in [0.717, 1.165) is 56.9 Å². The van der Waals surface area contributed by atoms with E-state index in [2.05, 4.69) is 268 Å². The topological polar surface area (TPSA) is 13.0 Å². The van der Waals surface area contributed by atoms with E-state index < -0.39 is 0 Å². The van der Waals surface area contributed by atoms with Crippen molar-refractivity contribution in [3.8, 4) is 0 Å². The van der Waals surface area contributed by atoms with E-state index in [-0.39, 0.29) is 6.71 Å². The molecule has 0 fully saturated rings. The molecular weight excluding hydrogens is 763 g/mol. The van der Waals surface area contributed by atoms with Gasteiger partial charge in [0.2, 0.25) is 0 Å². The quantitative estimate of drug-likeness (QED) is 0.142. The summed E-state index contributed by atoms with van der Waals surface area (Å²) in [5, 5.41) is 2.41. The zero-order valence-corrected chi connectivity index (χ0v) is 34.5. The fourth-order valence-electron chi connectivity index (χ4n) is 9.89. The van der Waals surface area contributed by atoms with Gasteiger partial charge in [0.1, 0.15) is 0 Å². The number of rotatable bonds is 8. The highest BCUT2D eigenvalue weighted by Gasteiger charge is 2.44. The van der Waals surface area contributed by atoms with Gasteiger partial charge in [0.25, 0.3) is 6.71 Å². The van der Waals surface area contributed by atoms with Crippen LogP contribution in [-0.4, -0.2) is 6.71 Å². The minimum atomic E-state index is -0.0589. The Morgan fingerprint density at radius 3 is 1.14 bits per heavy atom.